The monoisotopic (exact) mass is 409 g/mol. The molecule has 27 heavy (non-hydrogen) atoms. The molecule has 1 fully saturated rings. The topological polar surface area (TPSA) is 54.0 Å². The van der Waals surface area contributed by atoms with Crippen molar-refractivity contribution in [2.24, 2.45) is 11.8 Å². The molecule has 2 unspecified atom stereocenters. The first kappa shape index (κ1) is 23.4. The summed E-state index contributed by atoms with van der Waals surface area (Å²) in [5, 5.41) is 6.62. The van der Waals surface area contributed by atoms with Gasteiger partial charge in [0, 0.05) is 18.8 Å². The van der Waals surface area contributed by atoms with Gasteiger partial charge in [-0.1, -0.05) is 43.3 Å². The lowest BCUT2D eigenvalue weighted by Crippen LogP contribution is -2.35. The summed E-state index contributed by atoms with van der Waals surface area (Å²) >= 11 is 0. The fourth-order valence-corrected chi connectivity index (χ4v) is 3.64. The molecule has 148 valence electrons. The minimum absolute atomic E-state index is 0. The maximum Gasteiger partial charge on any atom is 0.221 e. The molecule has 0 saturated carbocycles. The van der Waals surface area contributed by atoms with Gasteiger partial charge in [-0.05, 0) is 55.0 Å². The number of hydrogen-bond donors (Lipinski definition) is 2. The van der Waals surface area contributed by atoms with Crippen molar-refractivity contribution >= 4 is 30.7 Å². The minimum Gasteiger partial charge on any atom is -0.345 e. The highest BCUT2D eigenvalue weighted by Crippen LogP contribution is 2.26. The van der Waals surface area contributed by atoms with E-state index < -0.39 is 0 Å². The molecule has 2 N–H and O–H groups in total. The number of hydrogen-bond acceptors (Lipinski definition) is 3. The van der Waals surface area contributed by atoms with Crippen LogP contribution in [-0.4, -0.2) is 24.0 Å². The first-order chi connectivity index (χ1) is 12.2. The SMILES string of the molecule is CC(CC(=O)NC(c1ccccc1)c1cccnc1)C1CCNCC1.Cl.Cl. The van der Waals surface area contributed by atoms with Crippen LogP contribution >= 0.6 is 24.8 Å². The number of pyridine rings is 1. The number of halogens is 2. The predicted molar refractivity (Wildman–Crippen MR) is 115 cm³/mol. The highest BCUT2D eigenvalue weighted by atomic mass is 35.5. The second-order valence-electron chi connectivity index (χ2n) is 6.97. The van der Waals surface area contributed by atoms with Crippen LogP contribution in [0.4, 0.5) is 0 Å². The molecule has 6 heteroatoms. The summed E-state index contributed by atoms with van der Waals surface area (Å²) in [6, 6.07) is 13.9. The molecule has 1 aliphatic heterocycles. The fourth-order valence-electron chi connectivity index (χ4n) is 3.64. The maximum absolute atomic E-state index is 12.7. The van der Waals surface area contributed by atoms with E-state index in [0.29, 0.717) is 18.3 Å². The van der Waals surface area contributed by atoms with Crippen LogP contribution < -0.4 is 10.6 Å². The summed E-state index contributed by atoms with van der Waals surface area (Å²) in [5.74, 6) is 1.16. The molecule has 3 rings (SSSR count). The van der Waals surface area contributed by atoms with Gasteiger partial charge in [-0.2, -0.15) is 0 Å². The van der Waals surface area contributed by atoms with Crippen molar-refractivity contribution in [3.05, 3.63) is 66.0 Å². The Kier molecular flexibility index (Phi) is 10.4. The summed E-state index contributed by atoms with van der Waals surface area (Å²) in [5.41, 5.74) is 2.09. The zero-order valence-corrected chi connectivity index (χ0v) is 17.3. The van der Waals surface area contributed by atoms with Gasteiger partial charge in [-0.3, -0.25) is 9.78 Å². The molecule has 0 aliphatic carbocycles. The number of nitrogens with zero attached hydrogens (tertiary/aromatic N) is 1. The van der Waals surface area contributed by atoms with Crippen LogP contribution in [0.3, 0.4) is 0 Å². The van der Waals surface area contributed by atoms with Gasteiger partial charge in [0.05, 0.1) is 6.04 Å². The molecule has 0 bridgehead atoms. The Labute approximate surface area is 174 Å². The number of benzene rings is 1. The molecule has 1 amide bonds. The van der Waals surface area contributed by atoms with Crippen molar-refractivity contribution in [3.8, 4) is 0 Å². The predicted octanol–water partition coefficient (Wildman–Crippen LogP) is 4.16. The number of aromatic nitrogens is 1. The third-order valence-electron chi connectivity index (χ3n) is 5.15. The molecule has 2 aromatic rings. The Morgan fingerprint density at radius 3 is 2.41 bits per heavy atom. The molecule has 0 radical (unpaired) electrons. The van der Waals surface area contributed by atoms with Gasteiger partial charge in [0.2, 0.25) is 5.91 Å². The Bertz CT molecular complexity index is 624. The normalized spacial score (nSPS) is 16.3. The summed E-state index contributed by atoms with van der Waals surface area (Å²) in [6.45, 7) is 4.34. The van der Waals surface area contributed by atoms with E-state index in [1.807, 2.05) is 48.7 Å². The quantitative estimate of drug-likeness (QED) is 0.752. The van der Waals surface area contributed by atoms with Crippen LogP contribution in [0.2, 0.25) is 0 Å². The van der Waals surface area contributed by atoms with E-state index in [1.165, 1.54) is 12.8 Å². The Balaban J connectivity index is 0.00000182. The molecule has 1 aromatic carbocycles. The Morgan fingerprint density at radius 1 is 1.11 bits per heavy atom. The third kappa shape index (κ3) is 6.80. The lowest BCUT2D eigenvalue weighted by molar-refractivity contribution is -0.122. The lowest BCUT2D eigenvalue weighted by Gasteiger charge is -2.28. The Morgan fingerprint density at radius 2 is 1.78 bits per heavy atom. The second-order valence-corrected chi connectivity index (χ2v) is 6.97. The van der Waals surface area contributed by atoms with E-state index in [0.717, 1.165) is 24.2 Å². The van der Waals surface area contributed by atoms with E-state index in [-0.39, 0.29) is 36.8 Å². The van der Waals surface area contributed by atoms with Crippen molar-refractivity contribution < 1.29 is 4.79 Å². The van der Waals surface area contributed by atoms with Gasteiger partial charge in [0.15, 0.2) is 0 Å². The molecule has 0 spiro atoms. The summed E-state index contributed by atoms with van der Waals surface area (Å²) in [4.78, 5) is 16.9. The van der Waals surface area contributed by atoms with Crippen LogP contribution in [0.15, 0.2) is 54.9 Å². The van der Waals surface area contributed by atoms with Crippen molar-refractivity contribution in [3.63, 3.8) is 0 Å². The van der Waals surface area contributed by atoms with E-state index in [9.17, 15) is 4.79 Å². The standard InChI is InChI=1S/C21H27N3O.2ClH/c1-16(17-9-12-22-13-10-17)14-20(25)24-21(18-6-3-2-4-7-18)19-8-5-11-23-15-19;;/h2-8,11,15-17,21-22H,9-10,12-14H2,1H3,(H,24,25);2*1H. The smallest absolute Gasteiger partial charge is 0.221 e. The molecule has 1 saturated heterocycles. The number of carbonyl (C=O) groups is 1. The van der Waals surface area contributed by atoms with E-state index in [2.05, 4.69) is 22.5 Å². The van der Waals surface area contributed by atoms with Gasteiger partial charge in [-0.15, -0.1) is 24.8 Å². The van der Waals surface area contributed by atoms with Crippen LogP contribution in [0.1, 0.15) is 43.4 Å². The van der Waals surface area contributed by atoms with Crippen molar-refractivity contribution in [1.82, 2.24) is 15.6 Å². The van der Waals surface area contributed by atoms with Gasteiger partial charge < -0.3 is 10.6 Å². The van der Waals surface area contributed by atoms with Crippen LogP contribution in [0.25, 0.3) is 0 Å². The highest BCUT2D eigenvalue weighted by molar-refractivity contribution is 5.85. The van der Waals surface area contributed by atoms with Crippen molar-refractivity contribution in [2.75, 3.05) is 13.1 Å². The summed E-state index contributed by atoms with van der Waals surface area (Å²) < 4.78 is 0. The third-order valence-corrected chi connectivity index (χ3v) is 5.15. The average molecular weight is 410 g/mol. The second kappa shape index (κ2) is 12.0. The molecule has 2 atom stereocenters. The molecule has 4 nitrogen and oxygen atoms in total. The zero-order valence-electron chi connectivity index (χ0n) is 15.6. The van der Waals surface area contributed by atoms with Crippen LogP contribution in [0, 0.1) is 11.8 Å². The van der Waals surface area contributed by atoms with Gasteiger partial charge in [0.1, 0.15) is 0 Å². The first-order valence-corrected chi connectivity index (χ1v) is 9.19. The number of piperidine rings is 1. The van der Waals surface area contributed by atoms with Gasteiger partial charge in [0.25, 0.3) is 0 Å². The van der Waals surface area contributed by atoms with Gasteiger partial charge >= 0.3 is 0 Å². The molecule has 2 heterocycles. The number of nitrogens with one attached hydrogen (secondary N) is 2. The fraction of sp³-hybridized carbons (Fsp3) is 0.429. The van der Waals surface area contributed by atoms with Crippen LogP contribution in [0.5, 0.6) is 0 Å². The van der Waals surface area contributed by atoms with Gasteiger partial charge in [-0.25, -0.2) is 0 Å². The van der Waals surface area contributed by atoms with Crippen LogP contribution in [-0.2, 0) is 4.79 Å². The number of carbonyl (C=O) groups excluding carboxylic acids is 1. The zero-order chi connectivity index (χ0) is 17.5. The summed E-state index contributed by atoms with van der Waals surface area (Å²) in [6.07, 6.45) is 6.49. The number of amides is 1. The highest BCUT2D eigenvalue weighted by Gasteiger charge is 2.24. The number of rotatable bonds is 6. The molecule has 1 aromatic heterocycles. The Hall–Kier alpha value is -1.62. The van der Waals surface area contributed by atoms with Crippen molar-refractivity contribution in [1.29, 1.82) is 0 Å². The molecule has 1 aliphatic rings. The van der Waals surface area contributed by atoms with E-state index in [4.69, 9.17) is 0 Å². The van der Waals surface area contributed by atoms with Crippen molar-refractivity contribution in [2.45, 2.75) is 32.2 Å². The largest absolute Gasteiger partial charge is 0.345 e. The molecular formula is C21H29Cl2N3O. The maximum atomic E-state index is 12.7. The van der Waals surface area contributed by atoms with E-state index >= 15 is 0 Å². The molecular weight excluding hydrogens is 381 g/mol. The minimum atomic E-state index is -0.150. The lowest BCUT2D eigenvalue weighted by atomic mass is 9.84. The summed E-state index contributed by atoms with van der Waals surface area (Å²) in [7, 11) is 0. The van der Waals surface area contributed by atoms with E-state index in [1.54, 1.807) is 6.20 Å². The first-order valence-electron chi connectivity index (χ1n) is 9.19. The average Bonchev–Trinajstić information content (AvgIpc) is 2.68.